The molecule has 2 rings (SSSR count). The van der Waals surface area contributed by atoms with Crippen LogP contribution in [0.2, 0.25) is 5.02 Å². The molecule has 1 aliphatic rings. The third kappa shape index (κ3) is 5.45. The van der Waals surface area contributed by atoms with E-state index in [9.17, 15) is 4.79 Å². The zero-order valence-electron chi connectivity index (χ0n) is 16.5. The van der Waals surface area contributed by atoms with Gasteiger partial charge in [0.2, 0.25) is 0 Å². The third-order valence-electron chi connectivity index (χ3n) is 4.92. The van der Waals surface area contributed by atoms with E-state index in [1.807, 2.05) is 14.1 Å². The number of aromatic nitrogens is 2. The lowest BCUT2D eigenvalue weighted by Gasteiger charge is -2.44. The summed E-state index contributed by atoms with van der Waals surface area (Å²) in [5.74, 6) is 0. The zero-order valence-corrected chi connectivity index (χ0v) is 17.3. The van der Waals surface area contributed by atoms with Crippen LogP contribution in [0.15, 0.2) is 11.0 Å². The van der Waals surface area contributed by atoms with Crippen LogP contribution in [0.4, 0.5) is 5.69 Å². The molecule has 25 heavy (non-hydrogen) atoms. The van der Waals surface area contributed by atoms with Crippen LogP contribution in [0.25, 0.3) is 0 Å². The highest BCUT2D eigenvalue weighted by Gasteiger charge is 2.40. The molecule has 1 aliphatic carbocycles. The van der Waals surface area contributed by atoms with E-state index < -0.39 is 0 Å². The van der Waals surface area contributed by atoms with Crippen molar-refractivity contribution >= 4 is 17.3 Å². The normalized spacial score (nSPS) is 20.0. The molecule has 5 nitrogen and oxygen atoms in total. The predicted molar refractivity (Wildman–Crippen MR) is 106 cm³/mol. The van der Waals surface area contributed by atoms with Crippen molar-refractivity contribution in [1.29, 1.82) is 0 Å². The monoisotopic (exact) mass is 368 g/mol. The summed E-state index contributed by atoms with van der Waals surface area (Å²) in [6, 6.07) is 0.103. The van der Waals surface area contributed by atoms with E-state index in [0.717, 1.165) is 38.8 Å². The fourth-order valence-electron chi connectivity index (χ4n) is 4.41. The fourth-order valence-corrected chi connectivity index (χ4v) is 4.61. The maximum Gasteiger partial charge on any atom is 0.287 e. The molecule has 0 radical (unpaired) electrons. The molecule has 0 spiro atoms. The first-order chi connectivity index (χ1) is 11.5. The van der Waals surface area contributed by atoms with Crippen LogP contribution in [0.3, 0.4) is 0 Å². The Morgan fingerprint density at radius 1 is 1.28 bits per heavy atom. The second-order valence-corrected chi connectivity index (χ2v) is 9.65. The molecule has 0 saturated heterocycles. The Labute approximate surface area is 156 Å². The highest BCUT2D eigenvalue weighted by atomic mass is 35.5. The number of anilines is 1. The molecule has 1 saturated carbocycles. The Kier molecular flexibility index (Phi) is 6.21. The molecular weight excluding hydrogens is 336 g/mol. The molecule has 0 bridgehead atoms. The summed E-state index contributed by atoms with van der Waals surface area (Å²) in [5, 5.41) is 7.94. The Hall–Kier alpha value is -1.07. The highest BCUT2D eigenvalue weighted by Crippen LogP contribution is 2.49. The average molecular weight is 369 g/mol. The van der Waals surface area contributed by atoms with Gasteiger partial charge in [-0.25, -0.2) is 4.68 Å². The van der Waals surface area contributed by atoms with Gasteiger partial charge < -0.3 is 10.2 Å². The molecule has 142 valence electrons. The van der Waals surface area contributed by atoms with E-state index >= 15 is 0 Å². The maximum atomic E-state index is 12.8. The smallest absolute Gasteiger partial charge is 0.287 e. The van der Waals surface area contributed by atoms with Gasteiger partial charge in [0, 0.05) is 6.54 Å². The van der Waals surface area contributed by atoms with Crippen LogP contribution in [-0.2, 0) is 0 Å². The third-order valence-corrected chi connectivity index (χ3v) is 5.29. The van der Waals surface area contributed by atoms with Crippen molar-refractivity contribution in [1.82, 2.24) is 14.7 Å². The molecule has 0 aromatic carbocycles. The van der Waals surface area contributed by atoms with Gasteiger partial charge in [0.25, 0.3) is 5.56 Å². The van der Waals surface area contributed by atoms with Gasteiger partial charge in [-0.2, -0.15) is 5.10 Å². The summed E-state index contributed by atoms with van der Waals surface area (Å²) in [7, 11) is 4.09. The van der Waals surface area contributed by atoms with Gasteiger partial charge in [0.15, 0.2) is 0 Å². The summed E-state index contributed by atoms with van der Waals surface area (Å²) in [4.78, 5) is 14.9. The van der Waals surface area contributed by atoms with E-state index in [0.29, 0.717) is 5.69 Å². The number of hydrogen-bond acceptors (Lipinski definition) is 4. The molecule has 6 heteroatoms. The molecular formula is C19H33ClN4O. The zero-order chi connectivity index (χ0) is 18.8. The largest absolute Gasteiger partial charge is 0.382 e. The fraction of sp³-hybridized carbons (Fsp3) is 0.789. The molecule has 0 amide bonds. The van der Waals surface area contributed by atoms with Gasteiger partial charge in [0.1, 0.15) is 5.02 Å². The molecule has 0 atom stereocenters. The number of nitrogens with zero attached hydrogens (tertiary/aromatic N) is 3. The van der Waals surface area contributed by atoms with E-state index in [4.69, 9.17) is 11.6 Å². The van der Waals surface area contributed by atoms with Crippen molar-refractivity contribution in [3.05, 3.63) is 21.6 Å². The van der Waals surface area contributed by atoms with Crippen LogP contribution in [0, 0.1) is 10.8 Å². The van der Waals surface area contributed by atoms with Crippen molar-refractivity contribution in [3.63, 3.8) is 0 Å². The summed E-state index contributed by atoms with van der Waals surface area (Å²) >= 11 is 6.35. The predicted octanol–water partition coefficient (Wildman–Crippen LogP) is 4.04. The van der Waals surface area contributed by atoms with E-state index in [1.165, 1.54) is 0 Å². The van der Waals surface area contributed by atoms with Crippen LogP contribution < -0.4 is 10.9 Å². The first-order valence-corrected chi connectivity index (χ1v) is 9.54. The number of rotatable bonds is 6. The topological polar surface area (TPSA) is 50.2 Å². The minimum Gasteiger partial charge on any atom is -0.382 e. The second kappa shape index (κ2) is 7.67. The number of halogens is 1. The molecule has 1 aromatic heterocycles. The lowest BCUT2D eigenvalue weighted by molar-refractivity contribution is 0.0652. The van der Waals surface area contributed by atoms with Crippen molar-refractivity contribution in [3.8, 4) is 0 Å². The highest BCUT2D eigenvalue weighted by molar-refractivity contribution is 6.32. The average Bonchev–Trinajstić information content (AvgIpc) is 2.44. The van der Waals surface area contributed by atoms with Crippen molar-refractivity contribution in [2.75, 3.05) is 32.5 Å². The lowest BCUT2D eigenvalue weighted by Crippen LogP contribution is -2.39. The Bertz CT molecular complexity index is 635. The van der Waals surface area contributed by atoms with Crippen LogP contribution in [0.5, 0.6) is 0 Å². The van der Waals surface area contributed by atoms with Crippen LogP contribution >= 0.6 is 11.6 Å². The van der Waals surface area contributed by atoms with E-state index in [-0.39, 0.29) is 27.5 Å². The SMILES string of the molecule is CN(C)CCCNc1cnn(C2CC(C)(C)CC(C)(C)C2)c(=O)c1Cl. The Balaban J connectivity index is 2.15. The molecule has 1 fully saturated rings. The van der Waals surface area contributed by atoms with Gasteiger partial charge in [-0.05, 0) is 57.2 Å². The van der Waals surface area contributed by atoms with Crippen molar-refractivity contribution < 1.29 is 0 Å². The van der Waals surface area contributed by atoms with Gasteiger partial charge in [0.05, 0.1) is 17.9 Å². The van der Waals surface area contributed by atoms with Crippen molar-refractivity contribution in [2.45, 2.75) is 59.4 Å². The van der Waals surface area contributed by atoms with Gasteiger partial charge in [-0.3, -0.25) is 4.79 Å². The summed E-state index contributed by atoms with van der Waals surface area (Å²) in [5.41, 5.74) is 0.848. The summed E-state index contributed by atoms with van der Waals surface area (Å²) < 4.78 is 1.61. The first kappa shape index (κ1) is 20.2. The minimum atomic E-state index is -0.183. The molecule has 0 aliphatic heterocycles. The summed E-state index contributed by atoms with van der Waals surface area (Å²) in [6.07, 6.45) is 5.75. The Morgan fingerprint density at radius 3 is 2.44 bits per heavy atom. The second-order valence-electron chi connectivity index (χ2n) is 9.27. The summed E-state index contributed by atoms with van der Waals surface area (Å²) in [6.45, 7) is 10.8. The van der Waals surface area contributed by atoms with Gasteiger partial charge in [-0.1, -0.05) is 39.3 Å². The molecule has 1 N–H and O–H groups in total. The number of hydrogen-bond donors (Lipinski definition) is 1. The van der Waals surface area contributed by atoms with Crippen LogP contribution in [-0.4, -0.2) is 41.9 Å². The lowest BCUT2D eigenvalue weighted by atomic mass is 9.63. The van der Waals surface area contributed by atoms with Crippen LogP contribution in [0.1, 0.15) is 59.4 Å². The van der Waals surface area contributed by atoms with Gasteiger partial charge in [-0.15, -0.1) is 0 Å². The van der Waals surface area contributed by atoms with E-state index in [1.54, 1.807) is 10.9 Å². The molecule has 0 unspecified atom stereocenters. The van der Waals surface area contributed by atoms with E-state index in [2.05, 4.69) is 43.0 Å². The first-order valence-electron chi connectivity index (χ1n) is 9.17. The Morgan fingerprint density at radius 2 is 1.88 bits per heavy atom. The van der Waals surface area contributed by atoms with Crippen molar-refractivity contribution in [2.24, 2.45) is 10.8 Å². The van der Waals surface area contributed by atoms with Gasteiger partial charge >= 0.3 is 0 Å². The maximum absolute atomic E-state index is 12.8. The number of nitrogens with one attached hydrogen (secondary N) is 1. The molecule has 1 aromatic rings. The minimum absolute atomic E-state index is 0.103. The molecule has 1 heterocycles. The standard InChI is InChI=1S/C19H33ClN4O/c1-18(2)10-14(11-19(3,4)13-18)24-17(25)16(20)15(12-22-24)21-8-7-9-23(5)6/h12,14,21H,7-11,13H2,1-6H3. The quantitative estimate of drug-likeness (QED) is 0.770.